The van der Waals surface area contributed by atoms with Crippen LogP contribution in [-0.4, -0.2) is 56.6 Å². The number of aliphatic hydroxyl groups excluding tert-OH is 3. The van der Waals surface area contributed by atoms with Gasteiger partial charge >= 0.3 is 5.97 Å². The number of carbonyl (C=O) groups excluding carboxylic acids is 2. The van der Waals surface area contributed by atoms with E-state index in [0.29, 0.717) is 5.56 Å². The van der Waals surface area contributed by atoms with Crippen LogP contribution in [-0.2, 0) is 9.53 Å². The maximum atomic E-state index is 12.6. The second-order valence-corrected chi connectivity index (χ2v) is 6.76. The SMILES string of the molecule is Cc1cc(O)c2c(c1)/C=C/C(O)[C@H](O)[C@H](O)C(=O)/C=C\[C@@H](C)[C@H](C)OC2=O. The topological polar surface area (TPSA) is 124 Å². The van der Waals surface area contributed by atoms with E-state index in [2.05, 4.69) is 0 Å². The summed E-state index contributed by atoms with van der Waals surface area (Å²) in [4.78, 5) is 24.5. The van der Waals surface area contributed by atoms with Crippen LogP contribution in [0, 0.1) is 12.8 Å². The second kappa shape index (κ2) is 8.47. The summed E-state index contributed by atoms with van der Waals surface area (Å²) in [5.74, 6) is -2.17. The van der Waals surface area contributed by atoms with Gasteiger partial charge in [0.1, 0.15) is 35.7 Å². The fourth-order valence-corrected chi connectivity index (χ4v) is 2.66. The molecule has 0 saturated heterocycles. The molecule has 5 atom stereocenters. The first-order valence-electron chi connectivity index (χ1n) is 8.61. The van der Waals surface area contributed by atoms with Gasteiger partial charge in [0.2, 0.25) is 0 Å². The predicted octanol–water partition coefficient (Wildman–Crippen LogP) is 1.12. The summed E-state index contributed by atoms with van der Waals surface area (Å²) in [7, 11) is 0. The molecule has 4 N–H and O–H groups in total. The molecule has 0 spiro atoms. The Bertz CT molecular complexity index is 781. The quantitative estimate of drug-likeness (QED) is 0.500. The van der Waals surface area contributed by atoms with Gasteiger partial charge < -0.3 is 25.2 Å². The van der Waals surface area contributed by atoms with Gasteiger partial charge in [-0.2, -0.15) is 0 Å². The Morgan fingerprint density at radius 2 is 1.67 bits per heavy atom. The van der Waals surface area contributed by atoms with Gasteiger partial charge in [-0.15, -0.1) is 0 Å². The first kappa shape index (κ1) is 20.8. The number of benzene rings is 1. The number of aliphatic hydroxyl groups is 3. The zero-order valence-electron chi connectivity index (χ0n) is 15.4. The van der Waals surface area contributed by atoms with Crippen LogP contribution in [0.3, 0.4) is 0 Å². The molecule has 1 heterocycles. The maximum Gasteiger partial charge on any atom is 0.342 e. The van der Waals surface area contributed by atoms with E-state index in [1.54, 1.807) is 26.8 Å². The van der Waals surface area contributed by atoms with Crippen molar-refractivity contribution in [3.05, 3.63) is 47.1 Å². The normalized spacial score (nSPS) is 32.1. The van der Waals surface area contributed by atoms with Crippen LogP contribution in [0.25, 0.3) is 6.08 Å². The van der Waals surface area contributed by atoms with E-state index < -0.39 is 36.2 Å². The minimum absolute atomic E-state index is 0.0738. The van der Waals surface area contributed by atoms with E-state index in [0.717, 1.165) is 12.2 Å². The Morgan fingerprint density at radius 1 is 1.00 bits per heavy atom. The number of hydrogen-bond donors (Lipinski definition) is 4. The van der Waals surface area contributed by atoms with Gasteiger partial charge in [0, 0.05) is 5.92 Å². The van der Waals surface area contributed by atoms with Crippen LogP contribution in [0.5, 0.6) is 5.75 Å². The number of ether oxygens (including phenoxy) is 1. The van der Waals surface area contributed by atoms with Crippen LogP contribution in [0.15, 0.2) is 30.4 Å². The van der Waals surface area contributed by atoms with Gasteiger partial charge in [-0.1, -0.05) is 31.2 Å². The number of aromatic hydroxyl groups is 1. The molecule has 7 heteroatoms. The Balaban J connectivity index is 2.55. The van der Waals surface area contributed by atoms with Crippen molar-refractivity contribution in [2.75, 3.05) is 0 Å². The smallest absolute Gasteiger partial charge is 0.342 e. The molecule has 27 heavy (non-hydrogen) atoms. The van der Waals surface area contributed by atoms with Crippen LogP contribution < -0.4 is 0 Å². The summed E-state index contributed by atoms with van der Waals surface area (Å²) in [6.45, 7) is 5.06. The molecule has 1 aliphatic rings. The minimum Gasteiger partial charge on any atom is -0.507 e. The molecule has 0 radical (unpaired) electrons. The summed E-state index contributed by atoms with van der Waals surface area (Å²) in [6, 6.07) is 3.02. The van der Waals surface area contributed by atoms with E-state index in [-0.39, 0.29) is 22.8 Å². The largest absolute Gasteiger partial charge is 0.507 e. The van der Waals surface area contributed by atoms with Crippen LogP contribution >= 0.6 is 0 Å². The van der Waals surface area contributed by atoms with Crippen LogP contribution in [0.1, 0.15) is 35.3 Å². The molecule has 0 saturated carbocycles. The Kier molecular flexibility index (Phi) is 6.54. The number of phenolic OH excluding ortho intramolecular Hbond substituents is 1. The second-order valence-electron chi connectivity index (χ2n) is 6.76. The molecule has 0 aliphatic carbocycles. The van der Waals surface area contributed by atoms with Crippen molar-refractivity contribution < 1.29 is 34.8 Å². The number of ketones is 1. The van der Waals surface area contributed by atoms with Gasteiger partial charge in [0.25, 0.3) is 0 Å². The summed E-state index contributed by atoms with van der Waals surface area (Å²) < 4.78 is 5.39. The van der Waals surface area contributed by atoms with Crippen molar-refractivity contribution in [1.29, 1.82) is 0 Å². The van der Waals surface area contributed by atoms with Gasteiger partial charge in [-0.05, 0) is 37.1 Å². The van der Waals surface area contributed by atoms with E-state index in [9.17, 15) is 30.0 Å². The third-order valence-corrected chi connectivity index (χ3v) is 4.53. The summed E-state index contributed by atoms with van der Waals surface area (Å²) in [6.07, 6.45) is -0.752. The molecule has 1 aromatic carbocycles. The lowest BCUT2D eigenvalue weighted by atomic mass is 9.98. The van der Waals surface area contributed by atoms with Gasteiger partial charge in [-0.25, -0.2) is 4.79 Å². The van der Waals surface area contributed by atoms with Gasteiger partial charge in [0.05, 0.1) is 0 Å². The summed E-state index contributed by atoms with van der Waals surface area (Å²) in [5, 5.41) is 40.2. The lowest BCUT2D eigenvalue weighted by Gasteiger charge is -2.21. The molecule has 0 aromatic heterocycles. The highest BCUT2D eigenvalue weighted by atomic mass is 16.5. The standard InChI is InChI=1S/C20H24O7/c1-10-8-13-5-7-15(22)19(25)18(24)14(21)6-4-11(2)12(3)27-20(26)17(13)16(23)9-10/h4-9,11-12,15,18-19,22-25H,1-3H3/b6-4-,7-5+/t11-,12+,15?,18-,19+/m1/s1. The van der Waals surface area contributed by atoms with Crippen molar-refractivity contribution in [2.45, 2.75) is 45.2 Å². The van der Waals surface area contributed by atoms with Gasteiger partial charge in [-0.3, -0.25) is 4.79 Å². The Morgan fingerprint density at radius 3 is 2.33 bits per heavy atom. The molecule has 0 bridgehead atoms. The number of hydrogen-bond acceptors (Lipinski definition) is 7. The number of fused-ring (bicyclic) bond motifs is 1. The Labute approximate surface area is 157 Å². The fraction of sp³-hybridized carbons (Fsp3) is 0.400. The predicted molar refractivity (Wildman–Crippen MR) is 98.1 cm³/mol. The van der Waals surface area contributed by atoms with Crippen molar-refractivity contribution in [3.63, 3.8) is 0 Å². The van der Waals surface area contributed by atoms with Gasteiger partial charge in [0.15, 0.2) is 5.78 Å². The fourth-order valence-electron chi connectivity index (χ4n) is 2.66. The molecular formula is C20H24O7. The summed E-state index contributed by atoms with van der Waals surface area (Å²) in [5.41, 5.74) is 0.867. The van der Waals surface area contributed by atoms with E-state index in [4.69, 9.17) is 4.74 Å². The highest BCUT2D eigenvalue weighted by molar-refractivity contribution is 5.97. The zero-order valence-corrected chi connectivity index (χ0v) is 15.4. The molecule has 1 unspecified atom stereocenters. The van der Waals surface area contributed by atoms with Crippen LogP contribution in [0.4, 0.5) is 0 Å². The third kappa shape index (κ3) is 4.82. The third-order valence-electron chi connectivity index (χ3n) is 4.53. The number of cyclic esters (lactones) is 1. The van der Waals surface area contributed by atoms with E-state index in [1.165, 1.54) is 18.2 Å². The molecule has 0 fully saturated rings. The highest BCUT2D eigenvalue weighted by Gasteiger charge is 2.29. The summed E-state index contributed by atoms with van der Waals surface area (Å²) >= 11 is 0. The average Bonchev–Trinajstić information content (AvgIpc) is 2.60. The lowest BCUT2D eigenvalue weighted by Crippen LogP contribution is -2.40. The van der Waals surface area contributed by atoms with E-state index in [1.807, 2.05) is 0 Å². The zero-order chi connectivity index (χ0) is 20.3. The molecule has 7 nitrogen and oxygen atoms in total. The molecular weight excluding hydrogens is 352 g/mol. The molecule has 2 rings (SSSR count). The van der Waals surface area contributed by atoms with Crippen molar-refractivity contribution in [3.8, 4) is 5.75 Å². The molecule has 0 amide bonds. The van der Waals surface area contributed by atoms with Crippen LogP contribution in [0.2, 0.25) is 0 Å². The van der Waals surface area contributed by atoms with Crippen molar-refractivity contribution in [2.24, 2.45) is 5.92 Å². The Hall–Kier alpha value is -2.48. The van der Waals surface area contributed by atoms with Crippen molar-refractivity contribution in [1.82, 2.24) is 0 Å². The van der Waals surface area contributed by atoms with Crippen molar-refractivity contribution >= 4 is 17.8 Å². The molecule has 146 valence electrons. The number of aryl methyl sites for hydroxylation is 1. The average molecular weight is 376 g/mol. The number of carbonyl (C=O) groups is 2. The van der Waals surface area contributed by atoms with E-state index >= 15 is 0 Å². The maximum absolute atomic E-state index is 12.6. The first-order valence-corrected chi connectivity index (χ1v) is 8.61. The number of rotatable bonds is 0. The first-order chi connectivity index (χ1) is 12.6. The highest BCUT2D eigenvalue weighted by Crippen LogP contribution is 2.27. The number of phenols is 1. The molecule has 1 aromatic rings. The molecule has 1 aliphatic heterocycles. The number of esters is 1. The lowest BCUT2D eigenvalue weighted by molar-refractivity contribution is -0.131. The minimum atomic E-state index is -1.81. The monoisotopic (exact) mass is 376 g/mol.